The summed E-state index contributed by atoms with van der Waals surface area (Å²) < 4.78 is 98.2. The van der Waals surface area contributed by atoms with Gasteiger partial charge in [0.15, 0.2) is 0 Å². The van der Waals surface area contributed by atoms with Crippen molar-refractivity contribution in [1.82, 2.24) is 0 Å². The van der Waals surface area contributed by atoms with Crippen LogP contribution in [-0.2, 0) is 15.2 Å². The smallest absolute Gasteiger partial charge is 0.406 e. The van der Waals surface area contributed by atoms with Gasteiger partial charge in [0, 0.05) is 10.7 Å². The standard InChI is InChI=1S/C8H3ClF6O3S/c9-19(16,17)6-2-1-4(18-8(13,14)15)3-5(6)7(10,11)12/h1-3H. The normalized spacial score (nSPS) is 13.4. The Kier molecular flexibility index (Phi) is 3.97. The van der Waals surface area contributed by atoms with Crippen molar-refractivity contribution in [3.05, 3.63) is 23.8 Å². The van der Waals surface area contributed by atoms with Crippen LogP contribution in [0.1, 0.15) is 5.56 Å². The van der Waals surface area contributed by atoms with Gasteiger partial charge < -0.3 is 4.74 Å². The third-order valence-corrected chi connectivity index (χ3v) is 3.13. The molecule has 1 aromatic rings. The highest BCUT2D eigenvalue weighted by atomic mass is 35.7. The molecule has 0 aromatic heterocycles. The summed E-state index contributed by atoms with van der Waals surface area (Å²) in [6.07, 6.45) is -10.4. The molecule has 0 heterocycles. The summed E-state index contributed by atoms with van der Waals surface area (Å²) in [5.41, 5.74) is -1.84. The molecule has 0 N–H and O–H groups in total. The highest BCUT2D eigenvalue weighted by Gasteiger charge is 2.38. The van der Waals surface area contributed by atoms with E-state index in [-0.39, 0.29) is 12.1 Å². The van der Waals surface area contributed by atoms with E-state index >= 15 is 0 Å². The number of halogens is 7. The van der Waals surface area contributed by atoms with E-state index in [9.17, 15) is 34.8 Å². The van der Waals surface area contributed by atoms with Crippen molar-refractivity contribution in [3.8, 4) is 5.75 Å². The summed E-state index contributed by atoms with van der Waals surface area (Å²) in [4.78, 5) is -1.35. The molecule has 0 fully saturated rings. The minimum Gasteiger partial charge on any atom is -0.406 e. The van der Waals surface area contributed by atoms with Gasteiger partial charge in [0.1, 0.15) is 5.75 Å². The van der Waals surface area contributed by atoms with Gasteiger partial charge in [-0.15, -0.1) is 13.2 Å². The second-order valence-corrected chi connectivity index (χ2v) is 5.68. The minimum atomic E-state index is -5.21. The zero-order chi connectivity index (χ0) is 15.1. The van der Waals surface area contributed by atoms with Crippen molar-refractivity contribution in [3.63, 3.8) is 0 Å². The third kappa shape index (κ3) is 4.46. The van der Waals surface area contributed by atoms with Gasteiger partial charge in [0.05, 0.1) is 10.5 Å². The lowest BCUT2D eigenvalue weighted by Crippen LogP contribution is -2.18. The molecule has 0 aliphatic rings. The Morgan fingerprint density at radius 3 is 1.95 bits per heavy atom. The van der Waals surface area contributed by atoms with E-state index in [0.717, 1.165) is 0 Å². The molecular formula is C8H3ClF6O3S. The predicted octanol–water partition coefficient (Wildman–Crippen LogP) is 3.53. The van der Waals surface area contributed by atoms with Gasteiger partial charge in [0.2, 0.25) is 0 Å². The van der Waals surface area contributed by atoms with E-state index < -0.39 is 37.8 Å². The maximum absolute atomic E-state index is 12.5. The van der Waals surface area contributed by atoms with Gasteiger partial charge in [-0.05, 0) is 18.2 Å². The maximum atomic E-state index is 12.5. The molecular weight excluding hydrogens is 326 g/mol. The molecule has 0 radical (unpaired) electrons. The predicted molar refractivity (Wildman–Crippen MR) is 51.2 cm³/mol. The fraction of sp³-hybridized carbons (Fsp3) is 0.250. The number of hydrogen-bond donors (Lipinski definition) is 0. The number of benzene rings is 1. The van der Waals surface area contributed by atoms with Crippen LogP contribution in [0.3, 0.4) is 0 Å². The van der Waals surface area contributed by atoms with Crippen LogP contribution < -0.4 is 4.74 Å². The highest BCUT2D eigenvalue weighted by molar-refractivity contribution is 8.13. The second kappa shape index (κ2) is 4.75. The molecule has 19 heavy (non-hydrogen) atoms. The fourth-order valence-electron chi connectivity index (χ4n) is 1.14. The first-order chi connectivity index (χ1) is 8.31. The summed E-state index contributed by atoms with van der Waals surface area (Å²) >= 11 is 0. The van der Waals surface area contributed by atoms with Crippen molar-refractivity contribution < 1.29 is 39.5 Å². The van der Waals surface area contributed by atoms with Crippen LogP contribution in [0.5, 0.6) is 5.75 Å². The van der Waals surface area contributed by atoms with E-state index in [1.807, 2.05) is 0 Å². The Hall–Kier alpha value is -1.16. The summed E-state index contributed by atoms with van der Waals surface area (Å²) in [6.45, 7) is 0. The van der Waals surface area contributed by atoms with Crippen LogP contribution >= 0.6 is 10.7 Å². The average molecular weight is 329 g/mol. The first kappa shape index (κ1) is 15.9. The number of rotatable bonds is 2. The zero-order valence-corrected chi connectivity index (χ0v) is 10.1. The largest absolute Gasteiger partial charge is 0.573 e. The number of alkyl halides is 6. The molecule has 3 nitrogen and oxygen atoms in total. The lowest BCUT2D eigenvalue weighted by atomic mass is 10.2. The lowest BCUT2D eigenvalue weighted by Gasteiger charge is -2.14. The van der Waals surface area contributed by atoms with Crippen LogP contribution in [0, 0.1) is 0 Å². The molecule has 0 atom stereocenters. The van der Waals surface area contributed by atoms with Gasteiger partial charge in [-0.25, -0.2) is 8.42 Å². The van der Waals surface area contributed by atoms with Gasteiger partial charge in [-0.1, -0.05) is 0 Å². The Morgan fingerprint density at radius 2 is 1.58 bits per heavy atom. The Morgan fingerprint density at radius 1 is 1.05 bits per heavy atom. The molecule has 0 bridgehead atoms. The quantitative estimate of drug-likeness (QED) is 0.616. The maximum Gasteiger partial charge on any atom is 0.573 e. The van der Waals surface area contributed by atoms with Crippen molar-refractivity contribution in [2.24, 2.45) is 0 Å². The summed E-state index contributed by atoms with van der Waals surface area (Å²) in [7, 11) is 0.00272. The number of ether oxygens (including phenoxy) is 1. The first-order valence-corrected chi connectivity index (χ1v) is 6.53. The number of hydrogen-bond acceptors (Lipinski definition) is 3. The fourth-order valence-corrected chi connectivity index (χ4v) is 2.21. The Balaban J connectivity index is 3.41. The van der Waals surface area contributed by atoms with E-state index in [2.05, 4.69) is 4.74 Å². The minimum absolute atomic E-state index is 0.0945. The van der Waals surface area contributed by atoms with Gasteiger partial charge in [0.25, 0.3) is 9.05 Å². The molecule has 1 aromatic carbocycles. The van der Waals surface area contributed by atoms with Crippen molar-refractivity contribution >= 4 is 19.7 Å². The molecule has 0 spiro atoms. The molecule has 0 aliphatic carbocycles. The zero-order valence-electron chi connectivity index (χ0n) is 8.51. The van der Waals surface area contributed by atoms with Gasteiger partial charge in [-0.3, -0.25) is 0 Å². The van der Waals surface area contributed by atoms with Crippen LogP contribution in [0.15, 0.2) is 23.1 Å². The molecule has 11 heteroatoms. The molecule has 0 aliphatic heterocycles. The first-order valence-electron chi connectivity index (χ1n) is 4.22. The highest BCUT2D eigenvalue weighted by Crippen LogP contribution is 2.38. The second-order valence-electron chi connectivity index (χ2n) is 3.14. The van der Waals surface area contributed by atoms with Crippen LogP contribution in [0.4, 0.5) is 26.3 Å². The van der Waals surface area contributed by atoms with Crippen LogP contribution in [0.25, 0.3) is 0 Å². The summed E-state index contributed by atoms with van der Waals surface area (Å²) in [5.74, 6) is -1.20. The molecule has 0 amide bonds. The van der Waals surface area contributed by atoms with Crippen molar-refractivity contribution in [1.29, 1.82) is 0 Å². The van der Waals surface area contributed by atoms with Crippen molar-refractivity contribution in [2.75, 3.05) is 0 Å². The summed E-state index contributed by atoms with van der Waals surface area (Å²) in [6, 6.07) is 0.604. The summed E-state index contributed by atoms with van der Waals surface area (Å²) in [5, 5.41) is 0. The van der Waals surface area contributed by atoms with E-state index in [4.69, 9.17) is 10.7 Å². The SMILES string of the molecule is O=S(=O)(Cl)c1ccc(OC(F)(F)F)cc1C(F)(F)F. The lowest BCUT2D eigenvalue weighted by molar-refractivity contribution is -0.274. The molecule has 1 rings (SSSR count). The topological polar surface area (TPSA) is 43.4 Å². The van der Waals surface area contributed by atoms with Crippen molar-refractivity contribution in [2.45, 2.75) is 17.4 Å². The van der Waals surface area contributed by atoms with E-state index in [1.54, 1.807) is 0 Å². The van der Waals surface area contributed by atoms with Crippen LogP contribution in [0.2, 0.25) is 0 Å². The van der Waals surface area contributed by atoms with Gasteiger partial charge >= 0.3 is 12.5 Å². The molecule has 0 unspecified atom stereocenters. The monoisotopic (exact) mass is 328 g/mol. The van der Waals surface area contributed by atoms with Gasteiger partial charge in [-0.2, -0.15) is 13.2 Å². The molecule has 0 saturated heterocycles. The Bertz CT molecular complexity index is 577. The van der Waals surface area contributed by atoms with Crippen LogP contribution in [-0.4, -0.2) is 14.8 Å². The van der Waals surface area contributed by atoms with E-state index in [0.29, 0.717) is 6.07 Å². The third-order valence-electron chi connectivity index (χ3n) is 1.75. The van der Waals surface area contributed by atoms with E-state index in [1.165, 1.54) is 0 Å². The molecule has 0 saturated carbocycles. The Labute approximate surface area is 107 Å². The molecule has 108 valence electrons. The average Bonchev–Trinajstić information content (AvgIpc) is 2.11.